The quantitative estimate of drug-likeness (QED) is 0.451. The molecule has 1 rings (SSSR count). The number of ketones is 1. The van der Waals surface area contributed by atoms with Gasteiger partial charge in [-0.3, -0.25) is 4.79 Å². The van der Waals surface area contributed by atoms with Crippen LogP contribution in [0.3, 0.4) is 0 Å². The normalized spacial score (nSPS) is 13.3. The molecule has 0 spiro atoms. The lowest BCUT2D eigenvalue weighted by Crippen LogP contribution is -2.18. The van der Waals surface area contributed by atoms with Gasteiger partial charge in [0.2, 0.25) is 0 Å². The first-order valence-electron chi connectivity index (χ1n) is 4.44. The average molecular weight is 379 g/mol. The van der Waals surface area contributed by atoms with Crippen molar-refractivity contribution in [2.24, 2.45) is 0 Å². The zero-order valence-corrected chi connectivity index (χ0v) is 11.4. The van der Waals surface area contributed by atoms with E-state index in [0.717, 1.165) is 6.07 Å². The third-order valence-electron chi connectivity index (χ3n) is 1.80. The first kappa shape index (κ1) is 14.6. The van der Waals surface area contributed by atoms with Crippen LogP contribution in [0, 0.1) is 3.57 Å². The maximum Gasteiger partial charge on any atom is 0.573 e. The van der Waals surface area contributed by atoms with Gasteiger partial charge in [-0.15, -0.1) is 24.8 Å². The fourth-order valence-electron chi connectivity index (χ4n) is 1.09. The average Bonchev–Trinajstić information content (AvgIpc) is 2.18. The molecule has 94 valence electrons. The number of ether oxygens (including phenoxy) is 1. The van der Waals surface area contributed by atoms with E-state index in [-0.39, 0.29) is 9.13 Å². The second-order valence-corrected chi connectivity index (χ2v) is 4.99. The van der Waals surface area contributed by atoms with Gasteiger partial charge in [0.25, 0.3) is 0 Å². The predicted molar refractivity (Wildman–Crippen MR) is 65.5 cm³/mol. The van der Waals surface area contributed by atoms with Gasteiger partial charge in [-0.05, 0) is 41.6 Å². The van der Waals surface area contributed by atoms with Gasteiger partial charge < -0.3 is 4.74 Å². The first-order valence-corrected chi connectivity index (χ1v) is 5.96. The standard InChI is InChI=1S/C10H7ClF3IO2/c1-5(11)9(16)6-2-3-7(15)8(4-6)17-10(12,13)14/h2-5H,1H3. The fourth-order valence-corrected chi connectivity index (χ4v) is 1.66. The second-order valence-electron chi connectivity index (χ2n) is 3.17. The van der Waals surface area contributed by atoms with Crippen LogP contribution in [-0.2, 0) is 0 Å². The smallest absolute Gasteiger partial charge is 0.405 e. The second kappa shape index (κ2) is 5.43. The highest BCUT2D eigenvalue weighted by Crippen LogP contribution is 2.29. The monoisotopic (exact) mass is 378 g/mol. The molecule has 0 N–H and O–H groups in total. The molecule has 0 aliphatic rings. The Hall–Kier alpha value is -0.500. The van der Waals surface area contributed by atoms with Gasteiger partial charge in [0.05, 0.1) is 8.95 Å². The Morgan fingerprint density at radius 3 is 2.53 bits per heavy atom. The van der Waals surface area contributed by atoms with Crippen LogP contribution in [0.4, 0.5) is 13.2 Å². The fraction of sp³-hybridized carbons (Fsp3) is 0.300. The Balaban J connectivity index is 3.07. The molecule has 0 aromatic heterocycles. The molecule has 0 amide bonds. The van der Waals surface area contributed by atoms with E-state index in [9.17, 15) is 18.0 Å². The predicted octanol–water partition coefficient (Wildman–Crippen LogP) is 4.00. The number of halogens is 5. The SMILES string of the molecule is CC(Cl)C(=O)c1ccc(I)c(OC(F)(F)F)c1. The number of hydrogen-bond donors (Lipinski definition) is 0. The van der Waals surface area contributed by atoms with Gasteiger partial charge in [0.1, 0.15) is 5.75 Å². The zero-order valence-electron chi connectivity index (χ0n) is 8.52. The largest absolute Gasteiger partial charge is 0.573 e. The highest BCUT2D eigenvalue weighted by Gasteiger charge is 2.32. The van der Waals surface area contributed by atoms with Crippen molar-refractivity contribution in [3.63, 3.8) is 0 Å². The summed E-state index contributed by atoms with van der Waals surface area (Å²) in [5, 5.41) is -0.797. The Kier molecular flexibility index (Phi) is 4.65. The van der Waals surface area contributed by atoms with Gasteiger partial charge in [-0.25, -0.2) is 0 Å². The van der Waals surface area contributed by atoms with Crippen molar-refractivity contribution in [2.45, 2.75) is 18.7 Å². The summed E-state index contributed by atoms with van der Waals surface area (Å²) in [5.74, 6) is -0.851. The maximum absolute atomic E-state index is 12.1. The molecule has 1 aromatic rings. The van der Waals surface area contributed by atoms with Crippen molar-refractivity contribution in [1.29, 1.82) is 0 Å². The Morgan fingerprint density at radius 1 is 1.47 bits per heavy atom. The summed E-state index contributed by atoms with van der Waals surface area (Å²) < 4.78 is 40.3. The molecule has 0 aliphatic carbocycles. The van der Waals surface area contributed by atoms with Crippen LogP contribution in [0.25, 0.3) is 0 Å². The van der Waals surface area contributed by atoms with Crippen LogP contribution in [0.5, 0.6) is 5.75 Å². The lowest BCUT2D eigenvalue weighted by atomic mass is 10.1. The van der Waals surface area contributed by atoms with Gasteiger partial charge in [0.15, 0.2) is 5.78 Å². The molecule has 2 nitrogen and oxygen atoms in total. The summed E-state index contributed by atoms with van der Waals surface area (Å²) in [5.41, 5.74) is 0.0900. The van der Waals surface area contributed by atoms with Crippen molar-refractivity contribution < 1.29 is 22.7 Å². The summed E-state index contributed by atoms with van der Waals surface area (Å²) in [7, 11) is 0. The van der Waals surface area contributed by atoms with Gasteiger partial charge in [-0.1, -0.05) is 6.07 Å². The molecule has 1 aromatic carbocycles. The van der Waals surface area contributed by atoms with Crippen LogP contribution < -0.4 is 4.74 Å². The van der Waals surface area contributed by atoms with E-state index < -0.39 is 23.3 Å². The van der Waals surface area contributed by atoms with E-state index in [1.54, 1.807) is 22.6 Å². The van der Waals surface area contributed by atoms with Crippen molar-refractivity contribution >= 4 is 40.0 Å². The van der Waals surface area contributed by atoms with Crippen LogP contribution in [0.1, 0.15) is 17.3 Å². The molecule has 0 saturated carbocycles. The van der Waals surface area contributed by atoms with Gasteiger partial charge in [0, 0.05) is 5.56 Å². The molecule has 7 heteroatoms. The number of Topliss-reactive ketones (excluding diaryl/α,β-unsaturated/α-hetero) is 1. The van der Waals surface area contributed by atoms with Gasteiger partial charge in [-0.2, -0.15) is 0 Å². The summed E-state index contributed by atoms with van der Waals surface area (Å²) >= 11 is 7.26. The lowest BCUT2D eigenvalue weighted by molar-refractivity contribution is -0.274. The number of rotatable bonds is 3. The summed E-state index contributed by atoms with van der Waals surface area (Å²) in [4.78, 5) is 11.5. The molecule has 0 aliphatic heterocycles. The molecule has 0 fully saturated rings. The van der Waals surface area contributed by atoms with Crippen LogP contribution in [0.15, 0.2) is 18.2 Å². The van der Waals surface area contributed by atoms with Crippen molar-refractivity contribution in [3.05, 3.63) is 27.3 Å². The molecular formula is C10H7ClF3IO2. The first-order chi connectivity index (χ1) is 7.70. The topological polar surface area (TPSA) is 26.3 Å². The third-order valence-corrected chi connectivity index (χ3v) is 2.89. The minimum absolute atomic E-state index is 0.0900. The summed E-state index contributed by atoms with van der Waals surface area (Å²) in [6.45, 7) is 1.45. The zero-order chi connectivity index (χ0) is 13.2. The minimum atomic E-state index is -4.78. The lowest BCUT2D eigenvalue weighted by Gasteiger charge is -2.12. The van der Waals surface area contributed by atoms with Crippen LogP contribution >= 0.6 is 34.2 Å². The molecule has 1 unspecified atom stereocenters. The molecule has 0 heterocycles. The van der Waals surface area contributed by atoms with Crippen molar-refractivity contribution in [3.8, 4) is 5.75 Å². The van der Waals surface area contributed by atoms with Crippen LogP contribution in [0.2, 0.25) is 0 Å². The molecule has 0 radical (unpaired) electrons. The van der Waals surface area contributed by atoms with Crippen molar-refractivity contribution in [2.75, 3.05) is 0 Å². The Morgan fingerprint density at radius 2 is 2.06 bits per heavy atom. The third kappa shape index (κ3) is 4.34. The van der Waals surface area contributed by atoms with Gasteiger partial charge >= 0.3 is 6.36 Å². The van der Waals surface area contributed by atoms with E-state index in [1.807, 2.05) is 0 Å². The van der Waals surface area contributed by atoms with Crippen molar-refractivity contribution in [1.82, 2.24) is 0 Å². The van der Waals surface area contributed by atoms with E-state index in [0.29, 0.717) is 0 Å². The number of benzene rings is 1. The Labute approximate surface area is 114 Å². The van der Waals surface area contributed by atoms with E-state index >= 15 is 0 Å². The highest BCUT2D eigenvalue weighted by molar-refractivity contribution is 14.1. The maximum atomic E-state index is 12.1. The number of alkyl halides is 4. The Bertz CT molecular complexity index is 432. The van der Waals surface area contributed by atoms with E-state index in [1.165, 1.54) is 19.1 Å². The molecule has 0 bridgehead atoms. The molecule has 1 atom stereocenters. The summed E-state index contributed by atoms with van der Waals surface area (Å²) in [6, 6.07) is 3.82. The number of hydrogen-bond acceptors (Lipinski definition) is 2. The summed E-state index contributed by atoms with van der Waals surface area (Å²) in [6.07, 6.45) is -4.78. The van der Waals surface area contributed by atoms with E-state index in [4.69, 9.17) is 11.6 Å². The minimum Gasteiger partial charge on any atom is -0.405 e. The van der Waals surface area contributed by atoms with E-state index in [2.05, 4.69) is 4.74 Å². The molecule has 0 saturated heterocycles. The highest BCUT2D eigenvalue weighted by atomic mass is 127. The number of carbonyl (C=O) groups is 1. The number of carbonyl (C=O) groups excluding carboxylic acids is 1. The molecule has 17 heavy (non-hydrogen) atoms. The molecular weight excluding hydrogens is 371 g/mol. The van der Waals surface area contributed by atoms with Crippen LogP contribution in [-0.4, -0.2) is 17.5 Å².